The number of nitrogens with one attached hydrogen (secondary N) is 1. The molecule has 232 valence electrons. The van der Waals surface area contributed by atoms with Gasteiger partial charge in [0.25, 0.3) is 0 Å². The Hall–Kier alpha value is -3.06. The van der Waals surface area contributed by atoms with Crippen molar-refractivity contribution in [3.63, 3.8) is 0 Å². The van der Waals surface area contributed by atoms with E-state index in [2.05, 4.69) is 17.4 Å². The number of carbonyl (C=O) groups excluding carboxylic acids is 2. The lowest BCUT2D eigenvalue weighted by molar-refractivity contribution is -0.148. The number of para-hydroxylation sites is 2. The van der Waals surface area contributed by atoms with Crippen LogP contribution in [0.1, 0.15) is 19.8 Å². The van der Waals surface area contributed by atoms with E-state index in [1.807, 2.05) is 47.9 Å². The Balaban J connectivity index is 1.11. The molecular weight excluding hydrogens is 544 g/mol. The van der Waals surface area contributed by atoms with Gasteiger partial charge < -0.3 is 43.0 Å². The van der Waals surface area contributed by atoms with Crippen LogP contribution in [-0.2, 0) is 49.5 Å². The molecule has 3 rings (SSSR count). The van der Waals surface area contributed by atoms with E-state index in [-0.39, 0.29) is 25.5 Å². The van der Waals surface area contributed by atoms with Gasteiger partial charge in [-0.25, -0.2) is 0 Å². The number of esters is 1. The summed E-state index contributed by atoms with van der Waals surface area (Å²) in [5.74, 6) is -0.644. The summed E-state index contributed by atoms with van der Waals surface area (Å²) in [5.41, 5.74) is 1.99. The fourth-order valence-electron chi connectivity index (χ4n) is 4.16. The van der Waals surface area contributed by atoms with Crippen LogP contribution in [0.2, 0.25) is 0 Å². The van der Waals surface area contributed by atoms with Crippen LogP contribution in [0.3, 0.4) is 0 Å². The Kier molecular flexibility index (Phi) is 16.5. The van der Waals surface area contributed by atoms with Crippen LogP contribution < -0.4 is 5.32 Å². The molecule has 2 aromatic carbocycles. The van der Waals surface area contributed by atoms with Gasteiger partial charge in [-0.05, 0) is 19.1 Å². The van der Waals surface area contributed by atoms with Gasteiger partial charge in [0.1, 0.15) is 0 Å². The molecule has 0 saturated carbocycles. The lowest BCUT2D eigenvalue weighted by atomic mass is 10.2. The third kappa shape index (κ3) is 12.4. The molecule has 1 N–H and O–H groups in total. The molecule has 0 atom stereocenters. The van der Waals surface area contributed by atoms with Crippen molar-refractivity contribution in [3.8, 4) is 0 Å². The molecule has 0 saturated heterocycles. The molecule has 0 unspecified atom stereocenters. The predicted molar refractivity (Wildman–Crippen MR) is 158 cm³/mol. The Labute approximate surface area is 247 Å². The van der Waals surface area contributed by atoms with Gasteiger partial charge in [-0.1, -0.05) is 36.4 Å². The number of carbonyl (C=O) groups is 2. The SMILES string of the molecule is CCOCCOCCOCCOCCOCCOCCNC(=O)CCC(=O)OCn1c2ccccc2c2ccccc21. The highest BCUT2D eigenvalue weighted by atomic mass is 16.6. The number of aromatic nitrogens is 1. The van der Waals surface area contributed by atoms with Crippen molar-refractivity contribution in [1.82, 2.24) is 9.88 Å². The van der Waals surface area contributed by atoms with Crippen molar-refractivity contribution in [2.24, 2.45) is 0 Å². The molecule has 11 nitrogen and oxygen atoms in total. The number of rotatable bonds is 24. The van der Waals surface area contributed by atoms with Gasteiger partial charge in [0.15, 0.2) is 6.73 Å². The Morgan fingerprint density at radius 2 is 1.07 bits per heavy atom. The lowest BCUT2D eigenvalue weighted by Crippen LogP contribution is -2.28. The molecule has 11 heteroatoms. The minimum absolute atomic E-state index is 0.00916. The zero-order chi connectivity index (χ0) is 29.7. The molecule has 1 amide bonds. The van der Waals surface area contributed by atoms with Gasteiger partial charge >= 0.3 is 5.97 Å². The molecular formula is C31H44N2O9. The van der Waals surface area contributed by atoms with Crippen molar-refractivity contribution < 1.29 is 42.7 Å². The summed E-state index contributed by atoms with van der Waals surface area (Å²) in [6, 6.07) is 16.0. The van der Waals surface area contributed by atoms with Gasteiger partial charge in [0.2, 0.25) is 5.91 Å². The fraction of sp³-hybridized carbons (Fsp3) is 0.548. The van der Waals surface area contributed by atoms with Crippen molar-refractivity contribution in [1.29, 1.82) is 0 Å². The van der Waals surface area contributed by atoms with E-state index in [4.69, 9.17) is 33.2 Å². The number of nitrogens with zero attached hydrogens (tertiary/aromatic N) is 1. The largest absolute Gasteiger partial charge is 0.444 e. The summed E-state index contributed by atoms with van der Waals surface area (Å²) >= 11 is 0. The van der Waals surface area contributed by atoms with E-state index >= 15 is 0 Å². The predicted octanol–water partition coefficient (Wildman–Crippen LogP) is 3.31. The van der Waals surface area contributed by atoms with E-state index in [1.165, 1.54) is 0 Å². The second-order valence-electron chi connectivity index (χ2n) is 9.22. The molecule has 1 aromatic heterocycles. The van der Waals surface area contributed by atoms with Crippen LogP contribution in [-0.4, -0.2) is 102 Å². The van der Waals surface area contributed by atoms with Crippen LogP contribution in [0.5, 0.6) is 0 Å². The van der Waals surface area contributed by atoms with E-state index in [1.54, 1.807) is 0 Å². The van der Waals surface area contributed by atoms with Gasteiger partial charge in [-0.2, -0.15) is 0 Å². The third-order valence-electron chi connectivity index (χ3n) is 6.22. The molecule has 0 fully saturated rings. The lowest BCUT2D eigenvalue weighted by Gasteiger charge is -2.10. The maximum atomic E-state index is 12.3. The van der Waals surface area contributed by atoms with Crippen molar-refractivity contribution in [2.45, 2.75) is 26.5 Å². The molecule has 42 heavy (non-hydrogen) atoms. The van der Waals surface area contributed by atoms with Crippen LogP contribution >= 0.6 is 0 Å². The first-order valence-electron chi connectivity index (χ1n) is 14.6. The monoisotopic (exact) mass is 588 g/mol. The second kappa shape index (κ2) is 20.8. The van der Waals surface area contributed by atoms with E-state index < -0.39 is 5.97 Å². The molecule has 0 spiro atoms. The van der Waals surface area contributed by atoms with Crippen LogP contribution in [0.25, 0.3) is 21.8 Å². The fourth-order valence-corrected chi connectivity index (χ4v) is 4.16. The topological polar surface area (TPSA) is 116 Å². The summed E-state index contributed by atoms with van der Waals surface area (Å²) in [7, 11) is 0. The van der Waals surface area contributed by atoms with Crippen LogP contribution in [0.15, 0.2) is 48.5 Å². The maximum absolute atomic E-state index is 12.3. The zero-order valence-electron chi connectivity index (χ0n) is 24.6. The number of fused-ring (bicyclic) bond motifs is 3. The van der Waals surface area contributed by atoms with Crippen molar-refractivity contribution in [2.75, 3.05) is 85.8 Å². The molecule has 0 bridgehead atoms. The summed E-state index contributed by atoms with van der Waals surface area (Å²) in [6.45, 7) is 8.51. The molecule has 0 radical (unpaired) electrons. The molecule has 3 aromatic rings. The standard InChI is InChI=1S/C31H44N2O9/c1-2-36-15-16-38-19-20-40-23-24-41-22-21-39-18-17-37-14-13-32-30(34)11-12-31(35)42-25-33-28-9-5-3-7-26(28)27-8-4-6-10-29(27)33/h3-10H,2,11-25H2,1H3,(H,32,34). The smallest absolute Gasteiger partial charge is 0.308 e. The van der Waals surface area contributed by atoms with E-state index in [0.29, 0.717) is 85.8 Å². The first kappa shape index (κ1) is 33.4. The zero-order valence-corrected chi connectivity index (χ0v) is 24.6. The highest BCUT2D eigenvalue weighted by molar-refractivity contribution is 6.07. The average molecular weight is 589 g/mol. The maximum Gasteiger partial charge on any atom is 0.308 e. The van der Waals surface area contributed by atoms with Gasteiger partial charge in [0, 0.05) is 30.3 Å². The number of hydrogen-bond acceptors (Lipinski definition) is 9. The Morgan fingerprint density at radius 3 is 1.57 bits per heavy atom. The first-order chi connectivity index (χ1) is 20.7. The summed E-state index contributed by atoms with van der Waals surface area (Å²) in [5, 5.41) is 4.96. The van der Waals surface area contributed by atoms with E-state index in [9.17, 15) is 9.59 Å². The normalized spacial score (nSPS) is 11.4. The highest BCUT2D eigenvalue weighted by Crippen LogP contribution is 2.28. The molecule has 0 aliphatic rings. The van der Waals surface area contributed by atoms with Gasteiger partial charge in [-0.3, -0.25) is 9.59 Å². The van der Waals surface area contributed by atoms with Crippen LogP contribution in [0.4, 0.5) is 0 Å². The molecule has 0 aliphatic heterocycles. The van der Waals surface area contributed by atoms with E-state index in [0.717, 1.165) is 21.8 Å². The van der Waals surface area contributed by atoms with Crippen molar-refractivity contribution >= 4 is 33.7 Å². The Morgan fingerprint density at radius 1 is 0.619 bits per heavy atom. The first-order valence-corrected chi connectivity index (χ1v) is 14.6. The highest BCUT2D eigenvalue weighted by Gasteiger charge is 2.12. The minimum Gasteiger partial charge on any atom is -0.444 e. The molecule has 0 aliphatic carbocycles. The Bertz CT molecular complexity index is 1130. The third-order valence-corrected chi connectivity index (χ3v) is 6.22. The second-order valence-corrected chi connectivity index (χ2v) is 9.22. The number of benzene rings is 2. The number of ether oxygens (including phenoxy) is 7. The summed E-state index contributed by atoms with van der Waals surface area (Å²) in [6.07, 6.45) is 0.0671. The van der Waals surface area contributed by atoms with Crippen LogP contribution in [0, 0.1) is 0 Å². The quantitative estimate of drug-likeness (QED) is 0.124. The summed E-state index contributed by atoms with van der Waals surface area (Å²) in [4.78, 5) is 24.4. The minimum atomic E-state index is -0.421. The average Bonchev–Trinajstić information content (AvgIpc) is 3.33. The van der Waals surface area contributed by atoms with Gasteiger partial charge in [-0.15, -0.1) is 0 Å². The van der Waals surface area contributed by atoms with Crippen molar-refractivity contribution in [3.05, 3.63) is 48.5 Å². The molecule has 1 heterocycles. The number of amides is 1. The summed E-state index contributed by atoms with van der Waals surface area (Å²) < 4.78 is 39.7. The van der Waals surface area contributed by atoms with Gasteiger partial charge in [0.05, 0.1) is 90.1 Å². The number of hydrogen-bond donors (Lipinski definition) is 1.